The molecule has 3 aromatic heterocycles. The van der Waals surface area contributed by atoms with E-state index in [1.165, 1.54) is 30.1 Å². The molecular formula is C27H22ClF3N8O6. The van der Waals surface area contributed by atoms with Gasteiger partial charge in [0.1, 0.15) is 6.20 Å². The second-order valence-electron chi connectivity index (χ2n) is 10.0. The minimum Gasteiger partial charge on any atom is -0.481 e. The fourth-order valence-electron chi connectivity index (χ4n) is 4.83. The van der Waals surface area contributed by atoms with Crippen molar-refractivity contribution in [3.05, 3.63) is 81.1 Å². The highest BCUT2D eigenvalue weighted by atomic mass is 35.5. The van der Waals surface area contributed by atoms with Gasteiger partial charge in [0, 0.05) is 38.1 Å². The van der Waals surface area contributed by atoms with Crippen molar-refractivity contribution < 1.29 is 37.6 Å². The number of amides is 2. The number of alkyl halides is 3. The molecule has 5 rings (SSSR count). The van der Waals surface area contributed by atoms with E-state index in [1.807, 2.05) is 0 Å². The maximum atomic E-state index is 14.0. The summed E-state index contributed by atoms with van der Waals surface area (Å²) < 4.78 is 43.8. The zero-order valence-electron chi connectivity index (χ0n) is 23.2. The van der Waals surface area contributed by atoms with Gasteiger partial charge in [0.2, 0.25) is 0 Å². The lowest BCUT2D eigenvalue weighted by Crippen LogP contribution is -2.40. The highest BCUT2D eigenvalue weighted by Gasteiger charge is 2.39. The molecule has 0 saturated carbocycles. The Labute approximate surface area is 256 Å². The molecule has 0 unspecified atom stereocenters. The highest BCUT2D eigenvalue weighted by molar-refractivity contribution is 6.34. The zero-order valence-corrected chi connectivity index (χ0v) is 23.9. The first-order valence-electron chi connectivity index (χ1n) is 13.2. The van der Waals surface area contributed by atoms with Crippen LogP contribution in [0, 0.1) is 16.0 Å². The predicted octanol–water partition coefficient (Wildman–Crippen LogP) is 4.44. The molecule has 234 valence electrons. The second kappa shape index (κ2) is 12.0. The standard InChI is InChI=1S/C27H22ClF3N8O6/c1-36-20(18-13-38(35-22(18)27(29,30)31)21-5-3-16(11-32-21)39(44)45)12-33-23(36)24(40)34-15-2-4-17(19(28)10-15)25(41)37-8-6-14(7-9-37)26(42)43/h2-5,10-14H,6-9H2,1H3,(H,34,40)(H,42,43). The third-order valence-corrected chi connectivity index (χ3v) is 7.53. The van der Waals surface area contributed by atoms with Gasteiger partial charge in [-0.1, -0.05) is 11.6 Å². The number of pyridine rings is 1. The van der Waals surface area contributed by atoms with E-state index in [4.69, 9.17) is 16.7 Å². The molecule has 1 saturated heterocycles. The number of imidazole rings is 1. The molecule has 18 heteroatoms. The molecule has 4 aromatic rings. The van der Waals surface area contributed by atoms with E-state index in [0.717, 1.165) is 40.0 Å². The summed E-state index contributed by atoms with van der Waals surface area (Å²) in [6.07, 6.45) is -1.30. The molecule has 1 aliphatic heterocycles. The molecule has 0 atom stereocenters. The number of hydrogen-bond acceptors (Lipinski definition) is 8. The maximum absolute atomic E-state index is 14.0. The predicted molar refractivity (Wildman–Crippen MR) is 151 cm³/mol. The first kappa shape index (κ1) is 31.1. The number of halogens is 4. The van der Waals surface area contributed by atoms with Gasteiger partial charge in [0.25, 0.3) is 17.5 Å². The number of nitrogens with zero attached hydrogens (tertiary/aromatic N) is 7. The molecule has 1 aromatic carbocycles. The summed E-state index contributed by atoms with van der Waals surface area (Å²) in [6, 6.07) is 6.38. The number of rotatable bonds is 7. The fraction of sp³-hybridized carbons (Fsp3) is 0.259. The third-order valence-electron chi connectivity index (χ3n) is 7.22. The molecule has 0 bridgehead atoms. The lowest BCUT2D eigenvalue weighted by molar-refractivity contribution is -0.385. The van der Waals surface area contributed by atoms with Crippen molar-refractivity contribution in [2.45, 2.75) is 19.0 Å². The number of anilines is 1. The Morgan fingerprint density at radius 1 is 1.11 bits per heavy atom. The molecule has 2 N–H and O–H groups in total. The van der Waals surface area contributed by atoms with Crippen molar-refractivity contribution in [1.82, 2.24) is 29.2 Å². The topological polar surface area (TPSA) is 178 Å². The van der Waals surface area contributed by atoms with Crippen molar-refractivity contribution in [2.24, 2.45) is 13.0 Å². The molecule has 0 spiro atoms. The maximum Gasteiger partial charge on any atom is 0.435 e. The van der Waals surface area contributed by atoms with Crippen LogP contribution in [0.4, 0.5) is 24.5 Å². The van der Waals surface area contributed by atoms with E-state index in [-0.39, 0.29) is 58.3 Å². The number of nitrogens with one attached hydrogen (secondary N) is 1. The van der Waals surface area contributed by atoms with E-state index in [1.54, 1.807) is 0 Å². The van der Waals surface area contributed by atoms with Gasteiger partial charge in [0.15, 0.2) is 17.3 Å². The second-order valence-corrected chi connectivity index (χ2v) is 10.5. The van der Waals surface area contributed by atoms with Gasteiger partial charge in [-0.15, -0.1) is 0 Å². The highest BCUT2D eigenvalue weighted by Crippen LogP contribution is 2.37. The Morgan fingerprint density at radius 3 is 2.40 bits per heavy atom. The number of carbonyl (C=O) groups excluding carboxylic acids is 2. The molecular weight excluding hydrogens is 625 g/mol. The monoisotopic (exact) mass is 646 g/mol. The summed E-state index contributed by atoms with van der Waals surface area (Å²) in [5, 5.41) is 26.2. The van der Waals surface area contributed by atoms with Crippen molar-refractivity contribution in [1.29, 1.82) is 0 Å². The number of carbonyl (C=O) groups is 3. The Kier molecular flexibility index (Phi) is 8.29. The van der Waals surface area contributed by atoms with Crippen LogP contribution in [0.25, 0.3) is 17.1 Å². The normalized spacial score (nSPS) is 13.9. The van der Waals surface area contributed by atoms with Crippen molar-refractivity contribution >= 4 is 40.8 Å². The fourth-order valence-corrected chi connectivity index (χ4v) is 5.10. The number of aliphatic carboxylic acids is 1. The van der Waals surface area contributed by atoms with E-state index in [0.29, 0.717) is 12.8 Å². The minimum atomic E-state index is -4.91. The van der Waals surface area contributed by atoms with Crippen LogP contribution in [-0.2, 0) is 18.0 Å². The first-order valence-corrected chi connectivity index (χ1v) is 13.5. The van der Waals surface area contributed by atoms with Crippen LogP contribution in [0.5, 0.6) is 0 Å². The molecule has 45 heavy (non-hydrogen) atoms. The van der Waals surface area contributed by atoms with Crippen molar-refractivity contribution in [2.75, 3.05) is 18.4 Å². The smallest absolute Gasteiger partial charge is 0.435 e. The van der Waals surface area contributed by atoms with E-state index in [2.05, 4.69) is 20.4 Å². The lowest BCUT2D eigenvalue weighted by Gasteiger charge is -2.30. The summed E-state index contributed by atoms with van der Waals surface area (Å²) >= 11 is 6.34. The van der Waals surface area contributed by atoms with Gasteiger partial charge in [-0.2, -0.15) is 18.3 Å². The average Bonchev–Trinajstić information content (AvgIpc) is 3.61. The van der Waals surface area contributed by atoms with Crippen LogP contribution < -0.4 is 5.32 Å². The van der Waals surface area contributed by atoms with Gasteiger partial charge in [0.05, 0.1) is 38.9 Å². The van der Waals surface area contributed by atoms with Crippen LogP contribution in [0.1, 0.15) is 39.5 Å². The average molecular weight is 647 g/mol. The Morgan fingerprint density at radius 2 is 1.82 bits per heavy atom. The molecule has 0 radical (unpaired) electrons. The summed E-state index contributed by atoms with van der Waals surface area (Å²) in [5.74, 6) is -2.96. The molecule has 14 nitrogen and oxygen atoms in total. The van der Waals surface area contributed by atoms with E-state index >= 15 is 0 Å². The molecule has 2 amide bonds. The van der Waals surface area contributed by atoms with Crippen molar-refractivity contribution in [3.8, 4) is 17.1 Å². The number of benzene rings is 1. The van der Waals surface area contributed by atoms with Crippen LogP contribution in [-0.4, -0.2) is 70.1 Å². The number of aromatic nitrogens is 5. The van der Waals surface area contributed by atoms with Gasteiger partial charge >= 0.3 is 12.1 Å². The number of hydrogen-bond donors (Lipinski definition) is 2. The van der Waals surface area contributed by atoms with Gasteiger partial charge < -0.3 is 19.9 Å². The van der Waals surface area contributed by atoms with Crippen molar-refractivity contribution in [3.63, 3.8) is 0 Å². The number of piperidine rings is 1. The number of likely N-dealkylation sites (tertiary alicyclic amines) is 1. The number of carboxylic acids is 1. The largest absolute Gasteiger partial charge is 0.481 e. The summed E-state index contributed by atoms with van der Waals surface area (Å²) in [6.45, 7) is 0.511. The van der Waals surface area contributed by atoms with Crippen LogP contribution in [0.15, 0.2) is 48.9 Å². The van der Waals surface area contributed by atoms with Gasteiger partial charge in [-0.3, -0.25) is 24.5 Å². The zero-order chi connectivity index (χ0) is 32.6. The minimum absolute atomic E-state index is 0.0285. The summed E-state index contributed by atoms with van der Waals surface area (Å²) in [5.41, 5.74) is -1.84. The first-order chi connectivity index (χ1) is 21.2. The third kappa shape index (κ3) is 6.33. The quantitative estimate of drug-likeness (QED) is 0.217. The van der Waals surface area contributed by atoms with E-state index in [9.17, 15) is 37.7 Å². The molecule has 1 aliphatic rings. The number of nitro groups is 1. The Bertz CT molecular complexity index is 1810. The van der Waals surface area contributed by atoms with E-state index < -0.39 is 40.2 Å². The van der Waals surface area contributed by atoms with Gasteiger partial charge in [-0.05, 0) is 37.1 Å². The Balaban J connectivity index is 1.35. The Hall–Kier alpha value is -5.32. The summed E-state index contributed by atoms with van der Waals surface area (Å²) in [7, 11) is 1.33. The SMILES string of the molecule is Cn1c(-c2cn(-c3ccc([N+](=O)[O-])cn3)nc2C(F)(F)F)cnc1C(=O)Nc1ccc(C(=O)N2CCC(C(=O)O)CC2)c(Cl)c1. The molecule has 1 fully saturated rings. The summed E-state index contributed by atoms with van der Waals surface area (Å²) in [4.78, 5) is 56.7. The molecule has 0 aliphatic carbocycles. The van der Waals surface area contributed by atoms with Crippen LogP contribution >= 0.6 is 11.6 Å². The molecule has 4 heterocycles. The van der Waals surface area contributed by atoms with Gasteiger partial charge in [-0.25, -0.2) is 14.6 Å². The van der Waals surface area contributed by atoms with Crippen LogP contribution in [0.3, 0.4) is 0 Å². The van der Waals surface area contributed by atoms with Crippen LogP contribution in [0.2, 0.25) is 5.02 Å². The lowest BCUT2D eigenvalue weighted by atomic mass is 9.96. The number of carboxylic acid groups (broad SMARTS) is 1.